The highest BCUT2D eigenvalue weighted by molar-refractivity contribution is 5.74. The van der Waals surface area contributed by atoms with E-state index in [0.717, 1.165) is 0 Å². The summed E-state index contributed by atoms with van der Waals surface area (Å²) in [5.41, 5.74) is 1.26. The van der Waals surface area contributed by atoms with Crippen molar-refractivity contribution in [1.82, 2.24) is 9.47 Å². The van der Waals surface area contributed by atoms with Gasteiger partial charge in [-0.1, -0.05) is 19.2 Å². The van der Waals surface area contributed by atoms with Gasteiger partial charge in [-0.3, -0.25) is 9.59 Å². The molecule has 0 aromatic carbocycles. The Morgan fingerprint density at radius 3 is 2.38 bits per heavy atom. The van der Waals surface area contributed by atoms with Gasteiger partial charge < -0.3 is 29.9 Å². The fourth-order valence-corrected chi connectivity index (χ4v) is 3.22. The molecule has 0 saturated carbocycles. The van der Waals surface area contributed by atoms with Crippen molar-refractivity contribution in [2.45, 2.75) is 12.8 Å². The highest BCUT2D eigenvalue weighted by atomic mass is 16.4. The molecule has 0 radical (unpaired) electrons. The van der Waals surface area contributed by atoms with E-state index in [4.69, 9.17) is 10.2 Å². The highest BCUT2D eigenvalue weighted by Crippen LogP contribution is 2.40. The lowest BCUT2D eigenvalue weighted by molar-refractivity contribution is -0.139. The van der Waals surface area contributed by atoms with Gasteiger partial charge in [0.1, 0.15) is 13.1 Å². The number of likely N-dealkylation sites (tertiary alicyclic amines) is 1. The molecule has 1 aliphatic carbocycles. The molecule has 24 heavy (non-hydrogen) atoms. The van der Waals surface area contributed by atoms with E-state index in [1.807, 2.05) is 0 Å². The van der Waals surface area contributed by atoms with E-state index in [-0.39, 0.29) is 5.88 Å². The quantitative estimate of drug-likeness (QED) is 0.541. The van der Waals surface area contributed by atoms with E-state index < -0.39 is 37.2 Å². The Morgan fingerprint density at radius 1 is 1.17 bits per heavy atom. The normalized spacial score (nSPS) is 21.8. The first-order valence-electron chi connectivity index (χ1n) is 7.13. The monoisotopic (exact) mass is 332 g/mol. The number of carboxylic acid groups (broad SMARTS) is 2. The second-order valence-corrected chi connectivity index (χ2v) is 5.75. The Labute approximate surface area is 136 Å². The number of nitrogens with zero attached hydrogens (tertiary/aromatic N) is 2. The lowest BCUT2D eigenvalue weighted by atomic mass is 9.92. The number of hydrogen-bond acceptors (Lipinski definition) is 5. The number of aliphatic hydroxyl groups excluding tert-OH is 1. The maximum absolute atomic E-state index is 10.9. The molecule has 2 atom stereocenters. The van der Waals surface area contributed by atoms with Crippen molar-refractivity contribution in [2.75, 3.05) is 6.54 Å². The van der Waals surface area contributed by atoms with Crippen molar-refractivity contribution in [3.05, 3.63) is 34.0 Å². The summed E-state index contributed by atoms with van der Waals surface area (Å²) >= 11 is 0. The van der Waals surface area contributed by atoms with Gasteiger partial charge in [-0.25, -0.2) is 0 Å². The van der Waals surface area contributed by atoms with Crippen molar-refractivity contribution in [3.8, 4) is 5.88 Å². The summed E-state index contributed by atoms with van der Waals surface area (Å²) in [6.45, 7) is 6.83. The van der Waals surface area contributed by atoms with E-state index in [9.17, 15) is 19.8 Å². The van der Waals surface area contributed by atoms with Crippen LogP contribution in [0.3, 0.4) is 0 Å². The number of aromatic nitrogens is 1. The lowest BCUT2D eigenvalue weighted by Gasteiger charge is -2.21. The third-order valence-electron chi connectivity index (χ3n) is 4.35. The minimum atomic E-state index is -1.17. The first kappa shape index (κ1) is 15.9. The van der Waals surface area contributed by atoms with Gasteiger partial charge in [-0.05, 0) is 11.6 Å². The molecule has 1 aromatic heterocycles. The molecule has 0 bridgehead atoms. The third kappa shape index (κ3) is 2.19. The van der Waals surface area contributed by atoms with Crippen LogP contribution >= 0.6 is 0 Å². The van der Waals surface area contributed by atoms with E-state index in [2.05, 4.69) is 13.2 Å². The number of fused-ring (bicyclic) bond motifs is 2. The number of aromatic hydroxyl groups is 1. The van der Waals surface area contributed by atoms with Gasteiger partial charge in [-0.2, -0.15) is 0 Å². The number of carbonyl (C=O) groups is 2. The molecule has 0 amide bonds. The predicted octanol–water partition coefficient (Wildman–Crippen LogP) is -1.29. The predicted molar refractivity (Wildman–Crippen MR) is 83.9 cm³/mol. The maximum atomic E-state index is 10.9. The Kier molecular flexibility index (Phi) is 3.49. The number of rotatable bonds is 4. The third-order valence-corrected chi connectivity index (χ3v) is 4.35. The topological polar surface area (TPSA) is 123 Å². The summed E-state index contributed by atoms with van der Waals surface area (Å²) in [7, 11) is 0. The van der Waals surface area contributed by atoms with Crippen LogP contribution in [-0.2, 0) is 16.1 Å². The minimum Gasteiger partial charge on any atom is -0.494 e. The first-order chi connectivity index (χ1) is 11.2. The van der Waals surface area contributed by atoms with Gasteiger partial charge in [0.2, 0.25) is 0 Å². The highest BCUT2D eigenvalue weighted by Gasteiger charge is 2.40. The molecule has 1 fully saturated rings. The molecule has 1 aliphatic heterocycles. The van der Waals surface area contributed by atoms with Gasteiger partial charge in [0.05, 0.1) is 0 Å². The largest absolute Gasteiger partial charge is 0.494 e. The van der Waals surface area contributed by atoms with E-state index in [1.165, 1.54) is 9.47 Å². The van der Waals surface area contributed by atoms with Crippen LogP contribution in [0.2, 0.25) is 0 Å². The van der Waals surface area contributed by atoms with Gasteiger partial charge >= 0.3 is 11.9 Å². The van der Waals surface area contributed by atoms with Crippen molar-refractivity contribution in [3.63, 3.8) is 0 Å². The maximum Gasteiger partial charge on any atom is 0.323 e. The molecule has 1 aromatic rings. The SMILES string of the molecule is C=C1C2C=c3c(c(O)n(CC(=O)O)c3=C)C=C2C(O)N1CC(=O)O. The zero-order chi connectivity index (χ0) is 17.8. The number of aliphatic carboxylic acids is 2. The molecule has 1 saturated heterocycles. The standard InChI is InChI=1S/C16H16N2O6/c1-7-9-3-10-8(2)18(6-14(21)22)16(24)12(10)4-11(9)15(23)17(7)5-13(19)20/h3-4,9,15,23-24H,1-2,5-6H2,(H,19,20)(H,21,22). The van der Waals surface area contributed by atoms with Crippen LogP contribution in [0.5, 0.6) is 5.88 Å². The molecular weight excluding hydrogens is 316 g/mol. The van der Waals surface area contributed by atoms with Gasteiger partial charge in [0.25, 0.3) is 0 Å². The molecular formula is C16H16N2O6. The Balaban J connectivity index is 2.12. The minimum absolute atomic E-state index is 0.255. The number of hydrogen-bond donors (Lipinski definition) is 4. The number of aliphatic hydroxyl groups is 1. The summed E-state index contributed by atoms with van der Waals surface area (Å²) in [4.78, 5) is 23.1. The fraction of sp³-hybridized carbons (Fsp3) is 0.250. The van der Waals surface area contributed by atoms with Crippen LogP contribution in [0, 0.1) is 5.92 Å². The van der Waals surface area contributed by atoms with Crippen molar-refractivity contribution in [2.24, 2.45) is 5.92 Å². The molecule has 4 N–H and O–H groups in total. The Morgan fingerprint density at radius 2 is 1.79 bits per heavy atom. The summed E-state index contributed by atoms with van der Waals surface area (Å²) in [5.74, 6) is -2.89. The van der Waals surface area contributed by atoms with Crippen molar-refractivity contribution < 1.29 is 30.0 Å². The molecule has 8 nitrogen and oxygen atoms in total. The van der Waals surface area contributed by atoms with E-state index >= 15 is 0 Å². The fourth-order valence-electron chi connectivity index (χ4n) is 3.22. The first-order valence-corrected chi connectivity index (χ1v) is 7.13. The van der Waals surface area contributed by atoms with Gasteiger partial charge in [-0.15, -0.1) is 0 Å². The summed E-state index contributed by atoms with van der Waals surface area (Å²) in [5, 5.41) is 39.4. The van der Waals surface area contributed by atoms with E-state index in [0.29, 0.717) is 27.4 Å². The average molecular weight is 332 g/mol. The second kappa shape index (κ2) is 5.27. The average Bonchev–Trinajstić information content (AvgIpc) is 2.86. The molecule has 0 spiro atoms. The lowest BCUT2D eigenvalue weighted by Crippen LogP contribution is -2.33. The van der Waals surface area contributed by atoms with Crippen LogP contribution in [0.15, 0.2) is 17.8 Å². The molecule has 2 heterocycles. The van der Waals surface area contributed by atoms with Gasteiger partial charge in [0.15, 0.2) is 12.1 Å². The summed E-state index contributed by atoms with van der Waals surface area (Å²) in [6.07, 6.45) is 2.08. The number of carboxylic acids is 2. The molecule has 8 heteroatoms. The molecule has 2 unspecified atom stereocenters. The number of allylic oxidation sites excluding steroid dienone is 1. The Bertz CT molecular complexity index is 910. The van der Waals surface area contributed by atoms with Crippen LogP contribution in [-0.4, -0.2) is 54.6 Å². The van der Waals surface area contributed by atoms with Gasteiger partial charge in [0, 0.05) is 27.7 Å². The molecule has 2 aliphatic rings. The zero-order valence-electron chi connectivity index (χ0n) is 12.6. The molecule has 3 rings (SSSR count). The summed E-state index contributed by atoms with van der Waals surface area (Å²) < 4.78 is 1.17. The Hall–Kier alpha value is -3.00. The van der Waals surface area contributed by atoms with Crippen LogP contribution in [0.4, 0.5) is 0 Å². The van der Waals surface area contributed by atoms with Crippen LogP contribution in [0.1, 0.15) is 5.56 Å². The van der Waals surface area contributed by atoms with Crippen LogP contribution in [0.25, 0.3) is 18.7 Å². The van der Waals surface area contributed by atoms with Crippen LogP contribution < -0.4 is 10.6 Å². The van der Waals surface area contributed by atoms with Crippen molar-refractivity contribution in [1.29, 1.82) is 0 Å². The smallest absolute Gasteiger partial charge is 0.323 e. The zero-order valence-corrected chi connectivity index (χ0v) is 12.6. The second-order valence-electron chi connectivity index (χ2n) is 5.75. The summed E-state index contributed by atoms with van der Waals surface area (Å²) in [6, 6.07) is 0. The van der Waals surface area contributed by atoms with E-state index in [1.54, 1.807) is 12.2 Å². The van der Waals surface area contributed by atoms with Crippen molar-refractivity contribution >= 4 is 30.7 Å². The molecule has 126 valence electrons.